The standard InChI is InChI=1S/C11H21N3O2/c1-13(2)9-3-4-14(6-9)11(5-10(15)16)7-12-8-11/h9,12H,3-8H2,1-2H3,(H,15,16). The topological polar surface area (TPSA) is 55.8 Å². The number of aliphatic carboxylic acids is 1. The Labute approximate surface area is 96.4 Å². The van der Waals surface area contributed by atoms with E-state index in [1.165, 1.54) is 0 Å². The second-order valence-corrected chi connectivity index (χ2v) is 5.25. The van der Waals surface area contributed by atoms with Crippen LogP contribution in [0.4, 0.5) is 0 Å². The van der Waals surface area contributed by atoms with Crippen LogP contribution in [-0.4, -0.2) is 72.7 Å². The van der Waals surface area contributed by atoms with Crippen LogP contribution in [-0.2, 0) is 4.79 Å². The summed E-state index contributed by atoms with van der Waals surface area (Å²) in [6.07, 6.45) is 1.41. The summed E-state index contributed by atoms with van der Waals surface area (Å²) in [6, 6.07) is 0.575. The quantitative estimate of drug-likeness (QED) is 0.674. The minimum absolute atomic E-state index is 0.114. The van der Waals surface area contributed by atoms with Crippen molar-refractivity contribution < 1.29 is 9.90 Å². The van der Waals surface area contributed by atoms with Gasteiger partial charge in [-0.2, -0.15) is 0 Å². The molecule has 5 nitrogen and oxygen atoms in total. The second kappa shape index (κ2) is 4.31. The lowest BCUT2D eigenvalue weighted by atomic mass is 9.87. The predicted molar refractivity (Wildman–Crippen MR) is 61.5 cm³/mol. The Morgan fingerprint density at radius 1 is 1.56 bits per heavy atom. The summed E-state index contributed by atoms with van der Waals surface area (Å²) in [5.74, 6) is -0.685. The third-order valence-electron chi connectivity index (χ3n) is 3.95. The highest BCUT2D eigenvalue weighted by Crippen LogP contribution is 2.29. The van der Waals surface area contributed by atoms with Crippen LogP contribution in [0.3, 0.4) is 0 Å². The number of hydrogen-bond donors (Lipinski definition) is 2. The number of nitrogens with zero attached hydrogens (tertiary/aromatic N) is 2. The van der Waals surface area contributed by atoms with Gasteiger partial charge in [-0.1, -0.05) is 0 Å². The Hall–Kier alpha value is -0.650. The minimum Gasteiger partial charge on any atom is -0.481 e. The molecule has 5 heteroatoms. The summed E-state index contributed by atoms with van der Waals surface area (Å²) in [4.78, 5) is 15.5. The van der Waals surface area contributed by atoms with E-state index >= 15 is 0 Å². The third-order valence-corrected chi connectivity index (χ3v) is 3.95. The fourth-order valence-corrected chi connectivity index (χ4v) is 2.75. The zero-order valence-electron chi connectivity index (χ0n) is 10.1. The fourth-order valence-electron chi connectivity index (χ4n) is 2.75. The average molecular weight is 227 g/mol. The van der Waals surface area contributed by atoms with Gasteiger partial charge in [-0.25, -0.2) is 0 Å². The van der Waals surface area contributed by atoms with E-state index in [0.717, 1.165) is 32.6 Å². The van der Waals surface area contributed by atoms with Gasteiger partial charge >= 0.3 is 5.97 Å². The number of carbonyl (C=O) groups is 1. The first-order chi connectivity index (χ1) is 7.53. The summed E-state index contributed by atoms with van der Waals surface area (Å²) in [5.41, 5.74) is -0.114. The Bertz CT molecular complexity index is 276. The van der Waals surface area contributed by atoms with Gasteiger partial charge in [0.2, 0.25) is 0 Å². The molecule has 0 spiro atoms. The Morgan fingerprint density at radius 2 is 2.25 bits per heavy atom. The van der Waals surface area contributed by atoms with E-state index in [0.29, 0.717) is 6.04 Å². The molecule has 2 saturated heterocycles. The van der Waals surface area contributed by atoms with Gasteiger partial charge in [0.25, 0.3) is 0 Å². The molecule has 2 aliphatic rings. The molecule has 0 bridgehead atoms. The van der Waals surface area contributed by atoms with Crippen molar-refractivity contribution >= 4 is 5.97 Å². The normalized spacial score (nSPS) is 29.3. The summed E-state index contributed by atoms with van der Waals surface area (Å²) < 4.78 is 0. The number of rotatable bonds is 4. The van der Waals surface area contributed by atoms with Gasteiger partial charge < -0.3 is 15.3 Å². The van der Waals surface area contributed by atoms with E-state index in [4.69, 9.17) is 5.11 Å². The molecule has 2 rings (SSSR count). The zero-order valence-corrected chi connectivity index (χ0v) is 10.1. The van der Waals surface area contributed by atoms with Crippen LogP contribution in [0.1, 0.15) is 12.8 Å². The van der Waals surface area contributed by atoms with Gasteiger partial charge in [-0.3, -0.25) is 9.69 Å². The smallest absolute Gasteiger partial charge is 0.305 e. The molecule has 0 aromatic heterocycles. The molecule has 92 valence electrons. The highest BCUT2D eigenvalue weighted by atomic mass is 16.4. The van der Waals surface area contributed by atoms with Crippen LogP contribution in [0.15, 0.2) is 0 Å². The van der Waals surface area contributed by atoms with Gasteiger partial charge in [0.1, 0.15) is 0 Å². The summed E-state index contributed by atoms with van der Waals surface area (Å²) >= 11 is 0. The minimum atomic E-state index is -0.685. The van der Waals surface area contributed by atoms with Gasteiger partial charge in [-0.15, -0.1) is 0 Å². The van der Waals surface area contributed by atoms with E-state index in [9.17, 15) is 4.79 Å². The molecule has 2 N–H and O–H groups in total. The van der Waals surface area contributed by atoms with Gasteiger partial charge in [0, 0.05) is 32.2 Å². The maximum absolute atomic E-state index is 10.9. The van der Waals surface area contributed by atoms with Crippen molar-refractivity contribution in [1.29, 1.82) is 0 Å². The molecule has 0 aromatic rings. The van der Waals surface area contributed by atoms with Crippen LogP contribution in [0, 0.1) is 0 Å². The number of hydrogen-bond acceptors (Lipinski definition) is 4. The van der Waals surface area contributed by atoms with E-state index in [1.807, 2.05) is 0 Å². The lowest BCUT2D eigenvalue weighted by Crippen LogP contribution is -2.69. The van der Waals surface area contributed by atoms with Crippen molar-refractivity contribution in [2.45, 2.75) is 24.4 Å². The largest absolute Gasteiger partial charge is 0.481 e. The number of carboxylic acid groups (broad SMARTS) is 1. The Morgan fingerprint density at radius 3 is 2.62 bits per heavy atom. The summed E-state index contributed by atoms with van der Waals surface area (Å²) in [6.45, 7) is 3.67. The van der Waals surface area contributed by atoms with Crippen molar-refractivity contribution in [3.05, 3.63) is 0 Å². The molecule has 0 aromatic carbocycles. The fraction of sp³-hybridized carbons (Fsp3) is 0.909. The van der Waals surface area contributed by atoms with Crippen LogP contribution >= 0.6 is 0 Å². The third kappa shape index (κ3) is 2.07. The maximum Gasteiger partial charge on any atom is 0.305 e. The Kier molecular flexibility index (Phi) is 3.19. The first-order valence-corrected chi connectivity index (χ1v) is 5.87. The summed E-state index contributed by atoms with van der Waals surface area (Å²) in [7, 11) is 4.19. The van der Waals surface area contributed by atoms with Crippen LogP contribution < -0.4 is 5.32 Å². The highest BCUT2D eigenvalue weighted by molar-refractivity contribution is 5.69. The second-order valence-electron chi connectivity index (χ2n) is 5.25. The molecule has 1 unspecified atom stereocenters. The van der Waals surface area contributed by atoms with Gasteiger partial charge in [0.05, 0.1) is 12.0 Å². The molecule has 0 radical (unpaired) electrons. The molecule has 16 heavy (non-hydrogen) atoms. The van der Waals surface area contributed by atoms with Gasteiger partial charge in [-0.05, 0) is 20.5 Å². The van der Waals surface area contributed by atoms with Crippen LogP contribution in [0.5, 0.6) is 0 Å². The average Bonchev–Trinajstić information content (AvgIpc) is 2.59. The lowest BCUT2D eigenvalue weighted by Gasteiger charge is -2.48. The molecule has 0 amide bonds. The van der Waals surface area contributed by atoms with Crippen molar-refractivity contribution in [2.75, 3.05) is 40.3 Å². The van der Waals surface area contributed by atoms with Crippen molar-refractivity contribution in [2.24, 2.45) is 0 Å². The molecule has 2 heterocycles. The SMILES string of the molecule is CN(C)C1CCN(C2(CC(=O)O)CNC2)C1. The zero-order chi connectivity index (χ0) is 11.8. The number of carboxylic acids is 1. The molecule has 2 aliphatic heterocycles. The van der Waals surface area contributed by atoms with Crippen LogP contribution in [0.2, 0.25) is 0 Å². The predicted octanol–water partition coefficient (Wildman–Crippen LogP) is -0.561. The van der Waals surface area contributed by atoms with Gasteiger partial charge in [0.15, 0.2) is 0 Å². The molecular weight excluding hydrogens is 206 g/mol. The number of likely N-dealkylation sites (N-methyl/N-ethyl adjacent to an activating group) is 1. The molecular formula is C11H21N3O2. The van der Waals surface area contributed by atoms with E-state index in [-0.39, 0.29) is 12.0 Å². The molecule has 2 fully saturated rings. The number of likely N-dealkylation sites (tertiary alicyclic amines) is 1. The summed E-state index contributed by atoms with van der Waals surface area (Å²) in [5, 5.41) is 12.2. The highest BCUT2D eigenvalue weighted by Gasteiger charge is 2.46. The first kappa shape index (κ1) is 11.8. The lowest BCUT2D eigenvalue weighted by molar-refractivity contribution is -0.141. The van der Waals surface area contributed by atoms with Crippen molar-refractivity contribution in [3.8, 4) is 0 Å². The maximum atomic E-state index is 10.9. The van der Waals surface area contributed by atoms with Crippen molar-refractivity contribution in [3.63, 3.8) is 0 Å². The molecule has 0 saturated carbocycles. The van der Waals surface area contributed by atoms with E-state index < -0.39 is 5.97 Å². The Balaban J connectivity index is 1.98. The van der Waals surface area contributed by atoms with Crippen molar-refractivity contribution in [1.82, 2.24) is 15.1 Å². The first-order valence-electron chi connectivity index (χ1n) is 5.87. The van der Waals surface area contributed by atoms with E-state index in [2.05, 4.69) is 29.2 Å². The van der Waals surface area contributed by atoms with Crippen LogP contribution in [0.25, 0.3) is 0 Å². The number of nitrogens with one attached hydrogen (secondary N) is 1. The monoisotopic (exact) mass is 227 g/mol. The molecule has 1 atom stereocenters. The molecule has 0 aliphatic carbocycles. The van der Waals surface area contributed by atoms with E-state index in [1.54, 1.807) is 0 Å².